The van der Waals surface area contributed by atoms with Gasteiger partial charge in [0.15, 0.2) is 7.28 Å². The zero-order chi connectivity index (χ0) is 18.1. The van der Waals surface area contributed by atoms with Gasteiger partial charge in [0.1, 0.15) is 0 Å². The summed E-state index contributed by atoms with van der Waals surface area (Å²) in [7, 11) is 2.34. The zero-order valence-corrected chi connectivity index (χ0v) is 15.0. The predicted octanol–water partition coefficient (Wildman–Crippen LogP) is 5.61. The van der Waals surface area contributed by atoms with Crippen LogP contribution in [0.5, 0.6) is 0 Å². The molecule has 1 aliphatic rings. The highest BCUT2D eigenvalue weighted by atomic mass is 14.2. The summed E-state index contributed by atoms with van der Waals surface area (Å²) in [6.07, 6.45) is 0. The van der Waals surface area contributed by atoms with E-state index in [1.54, 1.807) is 0 Å². The van der Waals surface area contributed by atoms with E-state index < -0.39 is 0 Å². The molecule has 0 N–H and O–H groups in total. The van der Waals surface area contributed by atoms with Crippen molar-refractivity contribution in [3.8, 4) is 11.1 Å². The van der Waals surface area contributed by atoms with Crippen molar-refractivity contribution in [2.45, 2.75) is 0 Å². The van der Waals surface area contributed by atoms with E-state index in [0.717, 1.165) is 0 Å². The Morgan fingerprint density at radius 1 is 0.407 bits per heavy atom. The largest absolute Gasteiger partial charge is 0.193 e. The Morgan fingerprint density at radius 3 is 1.63 bits per heavy atom. The Hall–Kier alpha value is -3.32. The second-order valence-electron chi connectivity index (χ2n) is 6.80. The minimum Gasteiger partial charge on any atom is -0.0737 e. The molecule has 1 heteroatoms. The summed E-state index contributed by atoms with van der Waals surface area (Å²) in [4.78, 5) is 0. The van der Waals surface area contributed by atoms with E-state index in [4.69, 9.17) is 0 Å². The lowest BCUT2D eigenvalue weighted by Crippen LogP contribution is -2.17. The number of benzene rings is 4. The van der Waals surface area contributed by atoms with Crippen LogP contribution in [0, 0.1) is 0 Å². The number of hydrogen-bond donors (Lipinski definition) is 0. The maximum Gasteiger partial charge on any atom is 0.193 e. The van der Waals surface area contributed by atoms with Crippen LogP contribution in [0.4, 0.5) is 0 Å². The number of rotatable bonds is 2. The zero-order valence-electron chi connectivity index (χ0n) is 15.0. The quantitative estimate of drug-likeness (QED) is 0.416. The van der Waals surface area contributed by atoms with Crippen LogP contribution in [0.25, 0.3) is 22.2 Å². The van der Waals surface area contributed by atoms with Crippen molar-refractivity contribution < 1.29 is 0 Å². The van der Waals surface area contributed by atoms with Crippen molar-refractivity contribution >= 4 is 23.8 Å². The van der Waals surface area contributed by atoms with Gasteiger partial charge < -0.3 is 0 Å². The summed E-state index contributed by atoms with van der Waals surface area (Å²) in [5.74, 6) is 0. The van der Waals surface area contributed by atoms with Crippen molar-refractivity contribution in [1.82, 2.24) is 0 Å². The van der Waals surface area contributed by atoms with Crippen molar-refractivity contribution in [3.63, 3.8) is 0 Å². The van der Waals surface area contributed by atoms with Gasteiger partial charge in [-0.2, -0.15) is 0 Å². The van der Waals surface area contributed by atoms with Crippen LogP contribution in [0.3, 0.4) is 0 Å². The molecule has 1 radical (unpaired) electrons. The van der Waals surface area contributed by atoms with E-state index in [-0.39, 0.29) is 0 Å². The minimum atomic E-state index is 1.24. The highest BCUT2D eigenvalue weighted by molar-refractivity contribution is 6.77. The van der Waals surface area contributed by atoms with Gasteiger partial charge in [-0.25, -0.2) is 0 Å². The molecule has 125 valence electrons. The first kappa shape index (κ1) is 15.9. The second kappa shape index (κ2) is 6.77. The standard InChI is InChI=1S/C26H18B/c1-3-11-19(12-4-1)25-23-17-8-7-15-21(23)22-16-9-10-18-24(22)27-26(25)20-13-5-2-6-14-20/h1-18H. The smallest absolute Gasteiger partial charge is 0.0737 e. The fraction of sp³-hybridized carbons (Fsp3) is 0. The maximum atomic E-state index is 2.34. The summed E-state index contributed by atoms with van der Waals surface area (Å²) in [6.45, 7) is 0. The number of hydrogen-bond acceptors (Lipinski definition) is 0. The molecule has 0 atom stereocenters. The molecule has 5 rings (SSSR count). The molecule has 0 bridgehead atoms. The Kier molecular flexibility index (Phi) is 3.99. The van der Waals surface area contributed by atoms with Crippen molar-refractivity contribution in [3.05, 3.63) is 126 Å². The van der Waals surface area contributed by atoms with Gasteiger partial charge in [0.25, 0.3) is 0 Å². The second-order valence-corrected chi connectivity index (χ2v) is 6.80. The van der Waals surface area contributed by atoms with E-state index in [1.807, 2.05) is 0 Å². The molecule has 4 aromatic carbocycles. The first-order valence-electron chi connectivity index (χ1n) is 9.30. The Balaban J connectivity index is 1.90. The lowest BCUT2D eigenvalue weighted by atomic mass is 9.58. The van der Waals surface area contributed by atoms with Gasteiger partial charge in [-0.15, -0.1) is 0 Å². The van der Waals surface area contributed by atoms with Crippen LogP contribution in [-0.2, 0) is 0 Å². The van der Waals surface area contributed by atoms with Crippen LogP contribution in [-0.4, -0.2) is 7.28 Å². The molecular weight excluding hydrogens is 323 g/mol. The minimum absolute atomic E-state index is 1.24. The molecule has 0 nitrogen and oxygen atoms in total. The molecule has 0 aromatic heterocycles. The lowest BCUT2D eigenvalue weighted by molar-refractivity contribution is 1.54. The average Bonchev–Trinajstić information content (AvgIpc) is 2.90. The Labute approximate surface area is 161 Å². The van der Waals surface area contributed by atoms with Gasteiger partial charge in [-0.1, -0.05) is 120 Å². The van der Waals surface area contributed by atoms with Crippen LogP contribution in [0.15, 0.2) is 109 Å². The van der Waals surface area contributed by atoms with Crippen LogP contribution in [0.2, 0.25) is 0 Å². The van der Waals surface area contributed by atoms with Crippen molar-refractivity contribution in [1.29, 1.82) is 0 Å². The van der Waals surface area contributed by atoms with Gasteiger partial charge >= 0.3 is 0 Å². The van der Waals surface area contributed by atoms with E-state index in [2.05, 4.69) is 116 Å². The van der Waals surface area contributed by atoms with Gasteiger partial charge in [-0.3, -0.25) is 0 Å². The molecule has 0 saturated carbocycles. The predicted molar refractivity (Wildman–Crippen MR) is 116 cm³/mol. The Bertz CT molecular complexity index is 1120. The van der Waals surface area contributed by atoms with Gasteiger partial charge in [0, 0.05) is 0 Å². The summed E-state index contributed by atoms with van der Waals surface area (Å²) in [6, 6.07) is 38.9. The molecule has 0 fully saturated rings. The van der Waals surface area contributed by atoms with Gasteiger partial charge in [0.05, 0.1) is 0 Å². The molecule has 0 unspecified atom stereocenters. The van der Waals surface area contributed by atoms with Gasteiger partial charge in [0.2, 0.25) is 0 Å². The fourth-order valence-electron chi connectivity index (χ4n) is 3.94. The summed E-state index contributed by atoms with van der Waals surface area (Å²) in [5, 5.41) is 0. The molecule has 0 spiro atoms. The summed E-state index contributed by atoms with van der Waals surface area (Å²) >= 11 is 0. The SMILES string of the molecule is [B]1C(c2ccccc2)=C(c2ccccc2)c2ccccc2-c2ccccc21. The summed E-state index contributed by atoms with van der Waals surface area (Å²) < 4.78 is 0. The average molecular weight is 341 g/mol. The maximum absolute atomic E-state index is 2.34. The van der Waals surface area contributed by atoms with Crippen molar-refractivity contribution in [2.24, 2.45) is 0 Å². The molecule has 1 heterocycles. The fourth-order valence-corrected chi connectivity index (χ4v) is 3.94. The third-order valence-corrected chi connectivity index (χ3v) is 5.16. The molecule has 0 aliphatic carbocycles. The third-order valence-electron chi connectivity index (χ3n) is 5.16. The van der Waals surface area contributed by atoms with Crippen LogP contribution in [0.1, 0.15) is 16.7 Å². The molecule has 4 aromatic rings. The lowest BCUT2D eigenvalue weighted by Gasteiger charge is -2.16. The molecule has 0 amide bonds. The van der Waals surface area contributed by atoms with E-state index in [1.165, 1.54) is 44.3 Å². The monoisotopic (exact) mass is 341 g/mol. The van der Waals surface area contributed by atoms with Crippen molar-refractivity contribution in [2.75, 3.05) is 0 Å². The third kappa shape index (κ3) is 2.82. The van der Waals surface area contributed by atoms with E-state index in [0.29, 0.717) is 0 Å². The summed E-state index contributed by atoms with van der Waals surface area (Å²) in [5.41, 5.74) is 10.1. The molecular formula is C26H18B. The Morgan fingerprint density at radius 2 is 0.926 bits per heavy atom. The van der Waals surface area contributed by atoms with E-state index >= 15 is 0 Å². The topological polar surface area (TPSA) is 0 Å². The highest BCUT2D eigenvalue weighted by Gasteiger charge is 2.23. The molecule has 0 saturated heterocycles. The molecule has 1 aliphatic heterocycles. The van der Waals surface area contributed by atoms with E-state index in [9.17, 15) is 0 Å². The van der Waals surface area contributed by atoms with Gasteiger partial charge in [-0.05, 0) is 33.4 Å². The first-order chi connectivity index (χ1) is 13.4. The normalized spacial score (nSPS) is 12.6. The molecule has 27 heavy (non-hydrogen) atoms. The van der Waals surface area contributed by atoms with Crippen LogP contribution < -0.4 is 5.46 Å². The first-order valence-corrected chi connectivity index (χ1v) is 9.30. The van der Waals surface area contributed by atoms with Crippen LogP contribution >= 0.6 is 0 Å². The highest BCUT2D eigenvalue weighted by Crippen LogP contribution is 2.39. The number of fused-ring (bicyclic) bond motifs is 3.